The van der Waals surface area contributed by atoms with Gasteiger partial charge in [-0.15, -0.1) is 0 Å². The van der Waals surface area contributed by atoms with Crippen LogP contribution in [0.15, 0.2) is 72.9 Å². The molecule has 27 heavy (non-hydrogen) atoms. The second kappa shape index (κ2) is 8.42. The van der Waals surface area contributed by atoms with Gasteiger partial charge in [0.15, 0.2) is 0 Å². The summed E-state index contributed by atoms with van der Waals surface area (Å²) in [6.07, 6.45) is 0.0735. The number of hydrogen-bond donors (Lipinski definition) is 1. The molecule has 0 fully saturated rings. The Morgan fingerprint density at radius 2 is 1.70 bits per heavy atom. The van der Waals surface area contributed by atoms with E-state index in [0.29, 0.717) is 11.3 Å². The number of anilines is 1. The summed E-state index contributed by atoms with van der Waals surface area (Å²) < 4.78 is 18.5. The second-order valence-electron chi connectivity index (χ2n) is 5.56. The van der Waals surface area contributed by atoms with Crippen molar-refractivity contribution >= 4 is 29.2 Å². The molecule has 7 heteroatoms. The first-order chi connectivity index (χ1) is 13.0. The first-order valence-electron chi connectivity index (χ1n) is 7.97. The third kappa shape index (κ3) is 4.89. The van der Waals surface area contributed by atoms with E-state index in [-0.39, 0.29) is 10.7 Å². The number of esters is 1. The molecule has 3 rings (SSSR count). The van der Waals surface area contributed by atoms with Crippen molar-refractivity contribution in [1.82, 2.24) is 4.98 Å². The number of nitrogens with zero attached hydrogens (tertiary/aromatic N) is 1. The Morgan fingerprint density at radius 1 is 1.00 bits per heavy atom. The van der Waals surface area contributed by atoms with Gasteiger partial charge in [0.1, 0.15) is 11.0 Å². The van der Waals surface area contributed by atoms with Crippen molar-refractivity contribution in [3.8, 4) is 0 Å². The van der Waals surface area contributed by atoms with E-state index < -0.39 is 23.8 Å². The van der Waals surface area contributed by atoms with Crippen LogP contribution in [-0.2, 0) is 9.53 Å². The molecule has 1 amide bonds. The minimum atomic E-state index is -1.19. The largest absolute Gasteiger partial charge is 0.444 e. The Morgan fingerprint density at radius 3 is 2.33 bits per heavy atom. The summed E-state index contributed by atoms with van der Waals surface area (Å²) in [5.74, 6) is -1.71. The molecule has 0 saturated heterocycles. The topological polar surface area (TPSA) is 68.3 Å². The minimum absolute atomic E-state index is 0.162. The Bertz CT molecular complexity index is 932. The molecule has 1 atom stereocenters. The molecular weight excluding hydrogens is 371 g/mol. The van der Waals surface area contributed by atoms with Crippen LogP contribution in [0.1, 0.15) is 22.0 Å². The third-order valence-corrected chi connectivity index (χ3v) is 3.86. The third-order valence-electron chi connectivity index (χ3n) is 3.64. The van der Waals surface area contributed by atoms with E-state index >= 15 is 0 Å². The van der Waals surface area contributed by atoms with Gasteiger partial charge in [0.05, 0.1) is 5.56 Å². The maximum absolute atomic E-state index is 13.0. The molecule has 1 aromatic heterocycles. The van der Waals surface area contributed by atoms with Crippen LogP contribution in [0, 0.1) is 5.82 Å². The van der Waals surface area contributed by atoms with Crippen LogP contribution < -0.4 is 5.32 Å². The Balaban J connectivity index is 1.82. The summed E-state index contributed by atoms with van der Waals surface area (Å²) >= 11 is 5.72. The Kier molecular flexibility index (Phi) is 5.78. The van der Waals surface area contributed by atoms with Crippen LogP contribution >= 0.6 is 11.6 Å². The fourth-order valence-corrected chi connectivity index (χ4v) is 2.43. The lowest BCUT2D eigenvalue weighted by molar-refractivity contribution is -0.125. The Labute approximate surface area is 159 Å². The minimum Gasteiger partial charge on any atom is -0.444 e. The molecule has 0 saturated carbocycles. The van der Waals surface area contributed by atoms with E-state index in [9.17, 15) is 14.0 Å². The van der Waals surface area contributed by atoms with E-state index in [1.165, 1.54) is 42.6 Å². The van der Waals surface area contributed by atoms with E-state index in [2.05, 4.69) is 10.3 Å². The molecule has 0 aliphatic heterocycles. The van der Waals surface area contributed by atoms with Crippen molar-refractivity contribution < 1.29 is 18.7 Å². The van der Waals surface area contributed by atoms with E-state index in [4.69, 9.17) is 16.3 Å². The summed E-state index contributed by atoms with van der Waals surface area (Å²) in [6.45, 7) is 0. The molecule has 2 aromatic carbocycles. The highest BCUT2D eigenvalue weighted by Crippen LogP contribution is 2.22. The molecule has 3 aromatic rings. The smallest absolute Gasteiger partial charge is 0.340 e. The summed E-state index contributed by atoms with van der Waals surface area (Å²) in [6, 6.07) is 16.8. The van der Waals surface area contributed by atoms with Gasteiger partial charge >= 0.3 is 5.97 Å². The zero-order chi connectivity index (χ0) is 19.2. The molecule has 0 spiro atoms. The second-order valence-corrected chi connectivity index (χ2v) is 5.95. The van der Waals surface area contributed by atoms with Gasteiger partial charge in [0, 0.05) is 17.4 Å². The lowest BCUT2D eigenvalue weighted by Gasteiger charge is -2.18. The van der Waals surface area contributed by atoms with Gasteiger partial charge in [0.25, 0.3) is 5.91 Å². The fourth-order valence-electron chi connectivity index (χ4n) is 2.31. The number of halogens is 2. The zero-order valence-corrected chi connectivity index (χ0v) is 14.7. The van der Waals surface area contributed by atoms with Gasteiger partial charge in [-0.05, 0) is 36.4 Å². The number of ether oxygens (including phenoxy) is 1. The standard InChI is InChI=1S/C20H14ClFN2O3/c21-17-11-6-14(12-23-17)20(26)27-18(13-4-2-1-3-5-13)19(25)24-16-9-7-15(22)8-10-16/h1-12,18H,(H,24,25)/t18-/m1/s1. The predicted molar refractivity (Wildman–Crippen MR) is 98.9 cm³/mol. The number of aromatic nitrogens is 1. The monoisotopic (exact) mass is 384 g/mol. The first kappa shape index (κ1) is 18.5. The number of benzene rings is 2. The summed E-state index contributed by atoms with van der Waals surface area (Å²) in [4.78, 5) is 28.9. The highest BCUT2D eigenvalue weighted by Gasteiger charge is 2.26. The van der Waals surface area contributed by atoms with E-state index in [1.54, 1.807) is 30.3 Å². The lowest BCUT2D eigenvalue weighted by atomic mass is 10.1. The van der Waals surface area contributed by atoms with Gasteiger partial charge in [-0.2, -0.15) is 0 Å². The van der Waals surface area contributed by atoms with Crippen LogP contribution in [0.4, 0.5) is 10.1 Å². The lowest BCUT2D eigenvalue weighted by Crippen LogP contribution is -2.26. The van der Waals surface area contributed by atoms with E-state index in [0.717, 1.165) is 0 Å². The molecule has 1 N–H and O–H groups in total. The van der Waals surface area contributed by atoms with Crippen LogP contribution in [0.2, 0.25) is 5.15 Å². The molecule has 0 unspecified atom stereocenters. The highest BCUT2D eigenvalue weighted by atomic mass is 35.5. The molecule has 5 nitrogen and oxygen atoms in total. The molecule has 0 aliphatic rings. The van der Waals surface area contributed by atoms with Gasteiger partial charge in [-0.25, -0.2) is 14.2 Å². The van der Waals surface area contributed by atoms with Gasteiger partial charge in [-0.3, -0.25) is 4.79 Å². The highest BCUT2D eigenvalue weighted by molar-refractivity contribution is 6.29. The number of nitrogens with one attached hydrogen (secondary N) is 1. The van der Waals surface area contributed by atoms with Crippen LogP contribution in [0.3, 0.4) is 0 Å². The van der Waals surface area contributed by atoms with Crippen molar-refractivity contribution in [2.75, 3.05) is 5.32 Å². The Hall–Kier alpha value is -3.25. The molecule has 0 bridgehead atoms. The molecule has 0 radical (unpaired) electrons. The molecule has 1 heterocycles. The van der Waals surface area contributed by atoms with Crippen molar-refractivity contribution in [2.45, 2.75) is 6.10 Å². The number of amides is 1. The number of carbonyl (C=O) groups excluding carboxylic acids is 2. The number of pyridine rings is 1. The number of hydrogen-bond acceptors (Lipinski definition) is 4. The van der Waals surface area contributed by atoms with Crippen molar-refractivity contribution in [3.05, 3.63) is 95.0 Å². The van der Waals surface area contributed by atoms with Gasteiger partial charge < -0.3 is 10.1 Å². The van der Waals surface area contributed by atoms with Crippen molar-refractivity contribution in [2.24, 2.45) is 0 Å². The van der Waals surface area contributed by atoms with Crippen LogP contribution in [0.25, 0.3) is 0 Å². The van der Waals surface area contributed by atoms with Crippen molar-refractivity contribution in [3.63, 3.8) is 0 Å². The van der Waals surface area contributed by atoms with Crippen molar-refractivity contribution in [1.29, 1.82) is 0 Å². The SMILES string of the molecule is O=C(O[C@@H](C(=O)Nc1ccc(F)cc1)c1ccccc1)c1ccc(Cl)nc1. The first-order valence-corrected chi connectivity index (χ1v) is 8.34. The average molecular weight is 385 g/mol. The summed E-state index contributed by atoms with van der Waals surface area (Å²) in [5.41, 5.74) is 1.04. The maximum atomic E-state index is 13.0. The normalized spacial score (nSPS) is 11.5. The average Bonchev–Trinajstić information content (AvgIpc) is 2.69. The van der Waals surface area contributed by atoms with Gasteiger partial charge in [0.2, 0.25) is 6.10 Å². The van der Waals surface area contributed by atoms with E-state index in [1.807, 2.05) is 0 Å². The fraction of sp³-hybridized carbons (Fsp3) is 0.0500. The molecule has 136 valence electrons. The number of rotatable bonds is 5. The number of carbonyl (C=O) groups is 2. The predicted octanol–water partition coefficient (Wildman–Crippen LogP) is 4.41. The molecule has 0 aliphatic carbocycles. The van der Waals surface area contributed by atoms with Crippen LogP contribution in [-0.4, -0.2) is 16.9 Å². The summed E-state index contributed by atoms with van der Waals surface area (Å²) in [7, 11) is 0. The van der Waals surface area contributed by atoms with Crippen LogP contribution in [0.5, 0.6) is 0 Å². The summed E-state index contributed by atoms with van der Waals surface area (Å²) in [5, 5.41) is 2.85. The zero-order valence-electron chi connectivity index (χ0n) is 13.9. The maximum Gasteiger partial charge on any atom is 0.340 e. The quantitative estimate of drug-likeness (QED) is 0.522. The molecular formula is C20H14ClFN2O3. The van der Waals surface area contributed by atoms with Gasteiger partial charge in [-0.1, -0.05) is 41.9 Å².